The predicted octanol–water partition coefficient (Wildman–Crippen LogP) is 2.54. The Morgan fingerprint density at radius 2 is 2.17 bits per heavy atom. The summed E-state index contributed by atoms with van der Waals surface area (Å²) in [5, 5.41) is 10.3. The van der Waals surface area contributed by atoms with Gasteiger partial charge in [0.2, 0.25) is 0 Å². The van der Waals surface area contributed by atoms with E-state index in [9.17, 15) is 9.90 Å². The Bertz CT molecular complexity index is 370. The molecular formula is C15H24O3. The van der Waals surface area contributed by atoms with Crippen LogP contribution in [-0.2, 0) is 9.53 Å². The monoisotopic (exact) mass is 252 g/mol. The van der Waals surface area contributed by atoms with Gasteiger partial charge in [-0.1, -0.05) is 26.8 Å². The van der Waals surface area contributed by atoms with Gasteiger partial charge in [-0.05, 0) is 37.0 Å². The van der Waals surface area contributed by atoms with E-state index in [2.05, 4.69) is 20.4 Å². The first-order valence-electron chi connectivity index (χ1n) is 6.75. The van der Waals surface area contributed by atoms with Gasteiger partial charge >= 0.3 is 5.97 Å². The Labute approximate surface area is 109 Å². The Hall–Kier alpha value is -0.830. The molecule has 1 heterocycles. The lowest BCUT2D eigenvalue weighted by Gasteiger charge is -2.53. The van der Waals surface area contributed by atoms with Crippen molar-refractivity contribution in [3.8, 4) is 0 Å². The zero-order chi connectivity index (χ0) is 13.7. The maximum atomic E-state index is 12.0. The van der Waals surface area contributed by atoms with Gasteiger partial charge in [0.1, 0.15) is 11.7 Å². The summed E-state index contributed by atoms with van der Waals surface area (Å²) in [4.78, 5) is 12.0. The van der Waals surface area contributed by atoms with Crippen molar-refractivity contribution in [2.45, 2.75) is 52.2 Å². The fraction of sp³-hybridized carbons (Fsp3) is 0.800. The summed E-state index contributed by atoms with van der Waals surface area (Å²) in [5.74, 6) is 0.604. The summed E-state index contributed by atoms with van der Waals surface area (Å²) >= 11 is 0. The molecule has 0 aromatic carbocycles. The summed E-state index contributed by atoms with van der Waals surface area (Å²) in [6.07, 6.45) is 2.80. The van der Waals surface area contributed by atoms with Crippen molar-refractivity contribution in [3.05, 3.63) is 12.7 Å². The van der Waals surface area contributed by atoms with E-state index in [0.29, 0.717) is 11.8 Å². The molecule has 1 saturated heterocycles. The molecule has 0 amide bonds. The molecule has 3 nitrogen and oxygen atoms in total. The van der Waals surface area contributed by atoms with E-state index >= 15 is 0 Å². The van der Waals surface area contributed by atoms with Crippen LogP contribution in [0.5, 0.6) is 0 Å². The summed E-state index contributed by atoms with van der Waals surface area (Å²) < 4.78 is 5.49. The zero-order valence-electron chi connectivity index (χ0n) is 11.8. The lowest BCUT2D eigenvalue weighted by Crippen LogP contribution is -2.49. The molecule has 0 aromatic rings. The van der Waals surface area contributed by atoms with Crippen LogP contribution in [0.4, 0.5) is 0 Å². The Morgan fingerprint density at radius 3 is 2.67 bits per heavy atom. The van der Waals surface area contributed by atoms with Gasteiger partial charge in [0.15, 0.2) is 0 Å². The lowest BCUT2D eigenvalue weighted by atomic mass is 9.51. The van der Waals surface area contributed by atoms with Gasteiger partial charge in [-0.2, -0.15) is 0 Å². The summed E-state index contributed by atoms with van der Waals surface area (Å²) in [6.45, 7) is 11.7. The minimum absolute atomic E-state index is 0.0614. The molecule has 5 atom stereocenters. The van der Waals surface area contributed by atoms with Crippen LogP contribution in [-0.4, -0.2) is 22.8 Å². The predicted molar refractivity (Wildman–Crippen MR) is 69.9 cm³/mol. The number of esters is 1. The molecular weight excluding hydrogens is 228 g/mol. The summed E-state index contributed by atoms with van der Waals surface area (Å²) in [6, 6.07) is 0. The van der Waals surface area contributed by atoms with Crippen LogP contribution in [0.2, 0.25) is 0 Å². The van der Waals surface area contributed by atoms with Gasteiger partial charge in [-0.15, -0.1) is 6.58 Å². The Balaban J connectivity index is 2.26. The summed E-state index contributed by atoms with van der Waals surface area (Å²) in [7, 11) is 0. The Morgan fingerprint density at radius 1 is 1.56 bits per heavy atom. The van der Waals surface area contributed by atoms with Crippen LogP contribution in [0.1, 0.15) is 40.5 Å². The molecule has 1 N–H and O–H groups in total. The van der Waals surface area contributed by atoms with E-state index in [1.165, 1.54) is 6.08 Å². The highest BCUT2D eigenvalue weighted by molar-refractivity contribution is 5.73. The van der Waals surface area contributed by atoms with Gasteiger partial charge in [0.05, 0.1) is 5.92 Å². The highest BCUT2D eigenvalue weighted by atomic mass is 16.6. The van der Waals surface area contributed by atoms with Crippen molar-refractivity contribution in [1.29, 1.82) is 0 Å². The van der Waals surface area contributed by atoms with E-state index in [1.807, 2.05) is 6.92 Å². The van der Waals surface area contributed by atoms with Crippen LogP contribution in [0.25, 0.3) is 0 Å². The normalized spacial score (nSPS) is 41.7. The first-order valence-corrected chi connectivity index (χ1v) is 6.75. The molecule has 0 unspecified atom stereocenters. The van der Waals surface area contributed by atoms with Crippen LogP contribution >= 0.6 is 0 Å². The zero-order valence-corrected chi connectivity index (χ0v) is 11.8. The van der Waals surface area contributed by atoms with Crippen molar-refractivity contribution >= 4 is 5.97 Å². The third kappa shape index (κ3) is 1.99. The molecule has 2 aliphatic rings. The minimum atomic E-state index is -1.14. The highest BCUT2D eigenvalue weighted by Crippen LogP contribution is 2.57. The quantitative estimate of drug-likeness (QED) is 0.607. The van der Waals surface area contributed by atoms with E-state index in [0.717, 1.165) is 12.8 Å². The topological polar surface area (TPSA) is 46.5 Å². The van der Waals surface area contributed by atoms with Crippen LogP contribution < -0.4 is 0 Å². The average Bonchev–Trinajstić information content (AvgIpc) is 2.39. The highest BCUT2D eigenvalue weighted by Gasteiger charge is 2.55. The third-order valence-corrected chi connectivity index (χ3v) is 5.09. The van der Waals surface area contributed by atoms with Gasteiger partial charge in [-0.25, -0.2) is 0 Å². The van der Waals surface area contributed by atoms with Gasteiger partial charge in [-0.3, -0.25) is 4.79 Å². The molecule has 102 valence electrons. The van der Waals surface area contributed by atoms with Gasteiger partial charge < -0.3 is 9.84 Å². The molecule has 0 aromatic heterocycles. The van der Waals surface area contributed by atoms with Crippen molar-refractivity contribution in [2.75, 3.05) is 0 Å². The molecule has 3 heteroatoms. The van der Waals surface area contributed by atoms with E-state index < -0.39 is 11.7 Å². The lowest BCUT2D eigenvalue weighted by molar-refractivity contribution is -0.162. The molecule has 18 heavy (non-hydrogen) atoms. The second-order valence-corrected chi connectivity index (χ2v) is 6.84. The van der Waals surface area contributed by atoms with Crippen LogP contribution in [0.3, 0.4) is 0 Å². The number of aliphatic hydroxyl groups is 1. The van der Waals surface area contributed by atoms with E-state index in [-0.39, 0.29) is 17.3 Å². The third-order valence-electron chi connectivity index (χ3n) is 5.09. The number of rotatable bonds is 2. The maximum Gasteiger partial charge on any atom is 0.309 e. The summed E-state index contributed by atoms with van der Waals surface area (Å²) in [5.41, 5.74) is -0.904. The molecule has 0 spiro atoms. The molecule has 2 rings (SSSR count). The van der Waals surface area contributed by atoms with Crippen molar-refractivity contribution in [1.82, 2.24) is 0 Å². The van der Waals surface area contributed by atoms with Crippen LogP contribution in [0.15, 0.2) is 12.7 Å². The van der Waals surface area contributed by atoms with Crippen LogP contribution in [0, 0.1) is 23.2 Å². The number of ether oxygens (including phenoxy) is 1. The largest absolute Gasteiger partial charge is 0.459 e. The number of fused-ring (bicyclic) bond motifs is 1. The van der Waals surface area contributed by atoms with Gasteiger partial charge in [0.25, 0.3) is 0 Å². The van der Waals surface area contributed by atoms with E-state index in [1.54, 1.807) is 6.92 Å². The molecule has 1 aliphatic heterocycles. The fourth-order valence-electron chi connectivity index (χ4n) is 3.53. The number of carbonyl (C=O) groups is 1. The number of carbonyl (C=O) groups excluding carboxylic acids is 1. The average molecular weight is 252 g/mol. The number of cyclic esters (lactones) is 1. The van der Waals surface area contributed by atoms with Crippen molar-refractivity contribution < 1.29 is 14.6 Å². The van der Waals surface area contributed by atoms with E-state index in [4.69, 9.17) is 4.74 Å². The molecule has 1 aliphatic carbocycles. The first kappa shape index (κ1) is 13.6. The second kappa shape index (κ2) is 4.09. The van der Waals surface area contributed by atoms with Crippen molar-refractivity contribution in [3.63, 3.8) is 0 Å². The number of hydrogen-bond donors (Lipinski definition) is 1. The fourth-order valence-corrected chi connectivity index (χ4v) is 3.53. The SMILES string of the molecule is C=C[C@@](C)(O)[C@@H]1C[C@H]2[C@H](CC2(C)C)[C@@H](C)C(=O)O1. The minimum Gasteiger partial charge on any atom is -0.459 e. The van der Waals surface area contributed by atoms with Gasteiger partial charge in [0, 0.05) is 0 Å². The number of hydrogen-bond acceptors (Lipinski definition) is 3. The Kier molecular flexibility index (Phi) is 3.09. The molecule has 2 fully saturated rings. The standard InChI is InChI=1S/C15H24O3/c1-6-15(5,17)12-7-11-10(8-14(11,3)4)9(2)13(16)18-12/h6,9-12,17H,1,7-8H2,2-5H3/t9-,10-,11+,12+,15-/m1/s1. The maximum absolute atomic E-state index is 12.0. The molecule has 0 radical (unpaired) electrons. The van der Waals surface area contributed by atoms with Crippen molar-refractivity contribution in [2.24, 2.45) is 23.2 Å². The second-order valence-electron chi connectivity index (χ2n) is 6.84. The first-order chi connectivity index (χ1) is 8.19. The smallest absolute Gasteiger partial charge is 0.309 e. The molecule has 0 bridgehead atoms. The molecule has 1 saturated carbocycles.